The minimum absolute atomic E-state index is 0.0291. The number of carbonyl (C=O) groups excluding carboxylic acids is 2. The van der Waals surface area contributed by atoms with Gasteiger partial charge in [-0.05, 0) is 30.6 Å². The Morgan fingerprint density at radius 1 is 1.04 bits per heavy atom. The van der Waals surface area contributed by atoms with Gasteiger partial charge in [0.15, 0.2) is 0 Å². The average molecular weight is 382 g/mol. The first-order chi connectivity index (χ1) is 13.5. The second-order valence-electron chi connectivity index (χ2n) is 6.98. The van der Waals surface area contributed by atoms with E-state index in [1.165, 1.54) is 6.08 Å². The monoisotopic (exact) mass is 382 g/mol. The van der Waals surface area contributed by atoms with Crippen LogP contribution in [0.5, 0.6) is 0 Å². The SMILES string of the molecule is NC(=O)/C(N)=C/C=C(\N)N1CCC(C(=O)N2N=CCC2c2ccccc2)CC1. The normalized spacial score (nSPS) is 21.2. The predicted molar refractivity (Wildman–Crippen MR) is 107 cm³/mol. The Morgan fingerprint density at radius 2 is 1.71 bits per heavy atom. The zero-order chi connectivity index (χ0) is 20.1. The molecule has 1 saturated heterocycles. The molecule has 148 valence electrons. The molecule has 0 radical (unpaired) electrons. The van der Waals surface area contributed by atoms with E-state index in [-0.39, 0.29) is 23.6 Å². The third-order valence-electron chi connectivity index (χ3n) is 5.17. The molecular weight excluding hydrogens is 356 g/mol. The lowest BCUT2D eigenvalue weighted by molar-refractivity contribution is -0.138. The molecule has 0 aliphatic carbocycles. The Morgan fingerprint density at radius 3 is 2.36 bits per heavy atom. The number of primary amides is 1. The van der Waals surface area contributed by atoms with Crippen LogP contribution in [-0.2, 0) is 9.59 Å². The summed E-state index contributed by atoms with van der Waals surface area (Å²) in [6, 6.07) is 9.94. The van der Waals surface area contributed by atoms with Crippen LogP contribution in [0, 0.1) is 5.92 Å². The first-order valence-electron chi connectivity index (χ1n) is 9.35. The van der Waals surface area contributed by atoms with Crippen molar-refractivity contribution in [3.8, 4) is 0 Å². The maximum absolute atomic E-state index is 13.0. The van der Waals surface area contributed by atoms with E-state index in [2.05, 4.69) is 5.10 Å². The van der Waals surface area contributed by atoms with Gasteiger partial charge in [-0.3, -0.25) is 9.59 Å². The Balaban J connectivity index is 1.59. The van der Waals surface area contributed by atoms with E-state index in [9.17, 15) is 9.59 Å². The van der Waals surface area contributed by atoms with Crippen LogP contribution in [0.2, 0.25) is 0 Å². The van der Waals surface area contributed by atoms with Crippen LogP contribution in [0.1, 0.15) is 30.9 Å². The standard InChI is InChI=1S/C20H26N6O2/c21-16(19(23)27)6-7-18(22)25-12-9-15(10-13-25)20(28)26-17(8-11-24-26)14-4-2-1-3-5-14/h1-7,11,15,17H,8-10,12-13,21-22H2,(H2,23,27)/b16-6-,18-7+. The molecule has 6 N–H and O–H groups in total. The lowest BCUT2D eigenvalue weighted by Crippen LogP contribution is -2.42. The molecule has 0 saturated carbocycles. The van der Waals surface area contributed by atoms with E-state index < -0.39 is 5.91 Å². The highest BCUT2D eigenvalue weighted by molar-refractivity contribution is 5.91. The highest BCUT2D eigenvalue weighted by Crippen LogP contribution is 2.31. The number of hydrazone groups is 1. The van der Waals surface area contributed by atoms with E-state index in [0.717, 1.165) is 12.0 Å². The van der Waals surface area contributed by atoms with Crippen molar-refractivity contribution >= 4 is 18.0 Å². The van der Waals surface area contributed by atoms with Gasteiger partial charge in [-0.15, -0.1) is 0 Å². The van der Waals surface area contributed by atoms with E-state index in [1.807, 2.05) is 35.2 Å². The summed E-state index contributed by atoms with van der Waals surface area (Å²) in [4.78, 5) is 25.9. The van der Waals surface area contributed by atoms with Gasteiger partial charge in [0.2, 0.25) is 5.91 Å². The largest absolute Gasteiger partial charge is 0.394 e. The van der Waals surface area contributed by atoms with E-state index in [4.69, 9.17) is 17.2 Å². The first kappa shape index (κ1) is 19.5. The third kappa shape index (κ3) is 4.33. The molecule has 1 unspecified atom stereocenters. The van der Waals surface area contributed by atoms with Crippen molar-refractivity contribution in [1.82, 2.24) is 9.91 Å². The number of allylic oxidation sites excluding steroid dienone is 2. The molecule has 1 aromatic carbocycles. The summed E-state index contributed by atoms with van der Waals surface area (Å²) in [6.45, 7) is 1.30. The van der Waals surface area contributed by atoms with Crippen LogP contribution in [0.25, 0.3) is 0 Å². The topological polar surface area (TPSA) is 131 Å². The van der Waals surface area contributed by atoms with Crippen molar-refractivity contribution in [2.75, 3.05) is 13.1 Å². The fourth-order valence-electron chi connectivity index (χ4n) is 3.51. The second-order valence-corrected chi connectivity index (χ2v) is 6.98. The molecular formula is C20H26N6O2. The third-order valence-corrected chi connectivity index (χ3v) is 5.17. The molecule has 2 aliphatic heterocycles. The predicted octanol–water partition coefficient (Wildman–Crippen LogP) is 0.786. The summed E-state index contributed by atoms with van der Waals surface area (Å²) in [5, 5.41) is 5.96. The number of amides is 2. The summed E-state index contributed by atoms with van der Waals surface area (Å²) < 4.78 is 0. The lowest BCUT2D eigenvalue weighted by Gasteiger charge is -2.35. The molecule has 2 heterocycles. The van der Waals surface area contributed by atoms with Crippen molar-refractivity contribution < 1.29 is 9.59 Å². The zero-order valence-corrected chi connectivity index (χ0v) is 15.7. The molecule has 3 rings (SSSR count). The average Bonchev–Trinajstić information content (AvgIpc) is 3.21. The van der Waals surface area contributed by atoms with Gasteiger partial charge >= 0.3 is 0 Å². The van der Waals surface area contributed by atoms with Gasteiger partial charge in [-0.2, -0.15) is 5.10 Å². The van der Waals surface area contributed by atoms with Crippen molar-refractivity contribution in [2.45, 2.75) is 25.3 Å². The van der Waals surface area contributed by atoms with Crippen LogP contribution in [-0.4, -0.2) is 41.0 Å². The number of likely N-dealkylation sites (tertiary alicyclic amines) is 1. The molecule has 1 atom stereocenters. The second kappa shape index (κ2) is 8.60. The number of piperidine rings is 1. The van der Waals surface area contributed by atoms with Gasteiger partial charge in [0, 0.05) is 31.6 Å². The van der Waals surface area contributed by atoms with E-state index in [1.54, 1.807) is 17.3 Å². The number of hydrogen-bond donors (Lipinski definition) is 3. The Kier molecular flexibility index (Phi) is 5.98. The molecule has 0 aromatic heterocycles. The summed E-state index contributed by atoms with van der Waals surface area (Å²) in [5.41, 5.74) is 17.7. The van der Waals surface area contributed by atoms with Gasteiger partial charge in [-0.25, -0.2) is 5.01 Å². The zero-order valence-electron chi connectivity index (χ0n) is 15.7. The summed E-state index contributed by atoms with van der Waals surface area (Å²) >= 11 is 0. The van der Waals surface area contributed by atoms with Gasteiger partial charge in [-0.1, -0.05) is 30.3 Å². The number of hydrogen-bond acceptors (Lipinski definition) is 6. The van der Waals surface area contributed by atoms with Gasteiger partial charge < -0.3 is 22.1 Å². The molecule has 28 heavy (non-hydrogen) atoms. The first-order valence-corrected chi connectivity index (χ1v) is 9.35. The van der Waals surface area contributed by atoms with E-state index >= 15 is 0 Å². The molecule has 8 nitrogen and oxygen atoms in total. The van der Waals surface area contributed by atoms with E-state index in [0.29, 0.717) is 31.8 Å². The van der Waals surface area contributed by atoms with Crippen LogP contribution >= 0.6 is 0 Å². The minimum atomic E-state index is -0.688. The summed E-state index contributed by atoms with van der Waals surface area (Å²) in [6.07, 6.45) is 6.89. The summed E-state index contributed by atoms with van der Waals surface area (Å²) in [7, 11) is 0. The number of rotatable bonds is 5. The summed E-state index contributed by atoms with van der Waals surface area (Å²) in [5.74, 6) is -0.219. The van der Waals surface area contributed by atoms with Crippen LogP contribution < -0.4 is 17.2 Å². The van der Waals surface area contributed by atoms with Crippen molar-refractivity contribution in [1.29, 1.82) is 0 Å². The maximum Gasteiger partial charge on any atom is 0.264 e. The fourth-order valence-corrected chi connectivity index (χ4v) is 3.51. The van der Waals surface area contributed by atoms with Gasteiger partial charge in [0.1, 0.15) is 0 Å². The van der Waals surface area contributed by atoms with Crippen molar-refractivity contribution in [3.05, 3.63) is 59.6 Å². The smallest absolute Gasteiger partial charge is 0.264 e. The molecule has 1 fully saturated rings. The Bertz CT molecular complexity index is 809. The Hall–Kier alpha value is -3.29. The molecule has 2 aliphatic rings. The maximum atomic E-state index is 13.0. The molecule has 1 aromatic rings. The van der Waals surface area contributed by atoms with Crippen LogP contribution in [0.3, 0.4) is 0 Å². The van der Waals surface area contributed by atoms with Gasteiger partial charge in [0.05, 0.1) is 17.6 Å². The lowest BCUT2D eigenvalue weighted by atomic mass is 9.94. The van der Waals surface area contributed by atoms with Crippen LogP contribution in [0.4, 0.5) is 0 Å². The van der Waals surface area contributed by atoms with Gasteiger partial charge in [0.25, 0.3) is 5.91 Å². The Labute approximate surface area is 164 Å². The number of nitrogens with two attached hydrogens (primary N) is 3. The quantitative estimate of drug-likeness (QED) is 0.512. The molecule has 0 spiro atoms. The van der Waals surface area contributed by atoms with Crippen LogP contribution in [0.15, 0.2) is 59.1 Å². The van der Waals surface area contributed by atoms with Crippen molar-refractivity contribution in [3.63, 3.8) is 0 Å². The highest BCUT2D eigenvalue weighted by atomic mass is 16.2. The number of benzene rings is 1. The molecule has 0 bridgehead atoms. The molecule has 8 heteroatoms. The number of carbonyl (C=O) groups is 2. The van der Waals surface area contributed by atoms with Crippen molar-refractivity contribution in [2.24, 2.45) is 28.2 Å². The molecule has 2 amide bonds. The highest BCUT2D eigenvalue weighted by Gasteiger charge is 2.34. The number of nitrogens with zero attached hydrogens (tertiary/aromatic N) is 3. The fraction of sp³-hybridized carbons (Fsp3) is 0.350. The minimum Gasteiger partial charge on any atom is -0.394 e.